The molecule has 5 rings (SSSR count). The monoisotopic (exact) mass is 433 g/mol. The van der Waals surface area contributed by atoms with Gasteiger partial charge in [-0.1, -0.05) is 65.8 Å². The highest BCUT2D eigenvalue weighted by molar-refractivity contribution is 7.98. The van der Waals surface area contributed by atoms with E-state index in [0.29, 0.717) is 22.5 Å². The molecule has 2 aromatic carbocycles. The maximum absolute atomic E-state index is 6.26. The van der Waals surface area contributed by atoms with Crippen LogP contribution in [0.15, 0.2) is 78.1 Å². The van der Waals surface area contributed by atoms with Crippen molar-refractivity contribution in [2.45, 2.75) is 17.1 Å². The Hall–Kier alpha value is -3.16. The van der Waals surface area contributed by atoms with E-state index >= 15 is 0 Å². The van der Waals surface area contributed by atoms with Crippen LogP contribution in [0.2, 0.25) is 5.02 Å². The number of thioether (sulfide) groups is 1. The minimum atomic E-state index is -0.494. The van der Waals surface area contributed by atoms with Crippen molar-refractivity contribution in [2.75, 3.05) is 5.32 Å². The Balaban J connectivity index is 1.49. The van der Waals surface area contributed by atoms with Crippen LogP contribution in [0.4, 0.5) is 5.69 Å². The first-order valence-electron chi connectivity index (χ1n) is 9.32. The zero-order valence-corrected chi connectivity index (χ0v) is 17.3. The van der Waals surface area contributed by atoms with E-state index in [1.54, 1.807) is 6.20 Å². The van der Waals surface area contributed by atoms with Gasteiger partial charge in [-0.25, -0.2) is 0 Å². The molecular formula is C22H16ClN5OS. The normalized spacial score (nSPS) is 14.6. The third-order valence-electron chi connectivity index (χ3n) is 4.60. The Bertz CT molecular complexity index is 1190. The van der Waals surface area contributed by atoms with Crippen molar-refractivity contribution >= 4 is 29.1 Å². The molecule has 0 aliphatic carbocycles. The zero-order valence-electron chi connectivity index (χ0n) is 15.7. The number of hydrogen-bond acceptors (Lipinski definition) is 7. The van der Waals surface area contributed by atoms with Gasteiger partial charge in [0.2, 0.25) is 17.3 Å². The van der Waals surface area contributed by atoms with E-state index in [1.807, 2.05) is 66.7 Å². The van der Waals surface area contributed by atoms with Crippen LogP contribution in [-0.4, -0.2) is 20.2 Å². The van der Waals surface area contributed by atoms with Gasteiger partial charge in [0.05, 0.1) is 0 Å². The SMILES string of the molecule is Clc1ccccc1CSc1nnc2c(n1)O[C@@H](c1ccccn1)Nc1ccccc1-2. The molecular weight excluding hydrogens is 418 g/mol. The second-order valence-corrected chi connectivity index (χ2v) is 7.92. The van der Waals surface area contributed by atoms with E-state index in [9.17, 15) is 0 Å². The van der Waals surface area contributed by atoms with Crippen LogP contribution < -0.4 is 10.1 Å². The molecule has 1 atom stereocenters. The van der Waals surface area contributed by atoms with Crippen LogP contribution in [0.3, 0.4) is 0 Å². The summed E-state index contributed by atoms with van der Waals surface area (Å²) in [7, 11) is 0. The van der Waals surface area contributed by atoms with Gasteiger partial charge in [0, 0.05) is 28.2 Å². The van der Waals surface area contributed by atoms with Crippen molar-refractivity contribution in [2.24, 2.45) is 0 Å². The maximum Gasteiger partial charge on any atom is 0.247 e. The van der Waals surface area contributed by atoms with Crippen LogP contribution in [0.1, 0.15) is 17.5 Å². The van der Waals surface area contributed by atoms with Gasteiger partial charge < -0.3 is 10.1 Å². The fourth-order valence-electron chi connectivity index (χ4n) is 3.13. The molecule has 148 valence electrons. The van der Waals surface area contributed by atoms with Gasteiger partial charge in [-0.2, -0.15) is 4.98 Å². The molecule has 1 N–H and O–H groups in total. The number of pyridine rings is 1. The summed E-state index contributed by atoms with van der Waals surface area (Å²) in [5.41, 5.74) is 4.14. The van der Waals surface area contributed by atoms with Crippen LogP contribution in [0.5, 0.6) is 5.88 Å². The lowest BCUT2D eigenvalue weighted by atomic mass is 10.1. The first-order chi connectivity index (χ1) is 14.8. The van der Waals surface area contributed by atoms with Crippen molar-refractivity contribution in [1.29, 1.82) is 0 Å². The smallest absolute Gasteiger partial charge is 0.247 e. The molecule has 1 aliphatic rings. The van der Waals surface area contributed by atoms with E-state index in [0.717, 1.165) is 27.5 Å². The van der Waals surface area contributed by atoms with Gasteiger partial charge >= 0.3 is 0 Å². The predicted octanol–water partition coefficient (Wildman–Crippen LogP) is 5.38. The van der Waals surface area contributed by atoms with E-state index in [2.05, 4.69) is 25.5 Å². The molecule has 0 amide bonds. The lowest BCUT2D eigenvalue weighted by Gasteiger charge is -2.18. The Morgan fingerprint density at radius 3 is 2.67 bits per heavy atom. The molecule has 3 heterocycles. The number of rotatable bonds is 4. The number of halogens is 1. The highest BCUT2D eigenvalue weighted by Gasteiger charge is 2.26. The number of nitrogens with one attached hydrogen (secondary N) is 1. The number of aromatic nitrogens is 4. The number of hydrogen-bond donors (Lipinski definition) is 1. The summed E-state index contributed by atoms with van der Waals surface area (Å²) in [4.78, 5) is 9.08. The Labute approximate surface area is 182 Å². The molecule has 0 saturated carbocycles. The molecule has 1 aliphatic heterocycles. The fraction of sp³-hybridized carbons (Fsp3) is 0.0909. The Kier molecular flexibility index (Phi) is 5.21. The first kappa shape index (κ1) is 18.8. The van der Waals surface area contributed by atoms with Crippen LogP contribution in [0, 0.1) is 0 Å². The van der Waals surface area contributed by atoms with E-state index in [1.165, 1.54) is 11.8 Å². The van der Waals surface area contributed by atoms with Gasteiger partial charge in [-0.05, 0) is 29.8 Å². The summed E-state index contributed by atoms with van der Waals surface area (Å²) in [5.74, 6) is 1.05. The topological polar surface area (TPSA) is 72.8 Å². The molecule has 8 heteroatoms. The summed E-state index contributed by atoms with van der Waals surface area (Å²) >= 11 is 7.72. The number of para-hydroxylation sites is 1. The fourth-order valence-corrected chi connectivity index (χ4v) is 4.20. The average Bonchev–Trinajstić information content (AvgIpc) is 2.96. The maximum atomic E-state index is 6.26. The number of ether oxygens (including phenoxy) is 1. The summed E-state index contributed by atoms with van der Waals surface area (Å²) in [6.07, 6.45) is 1.24. The highest BCUT2D eigenvalue weighted by atomic mass is 35.5. The number of fused-ring (bicyclic) bond motifs is 3. The summed E-state index contributed by atoms with van der Waals surface area (Å²) < 4.78 is 6.22. The first-order valence-corrected chi connectivity index (χ1v) is 10.7. The van der Waals surface area contributed by atoms with Gasteiger partial charge in [0.15, 0.2) is 5.69 Å². The summed E-state index contributed by atoms with van der Waals surface area (Å²) in [6, 6.07) is 21.3. The molecule has 0 saturated heterocycles. The minimum Gasteiger partial charge on any atom is -0.446 e. The standard InChI is InChI=1S/C22H16ClN5OS/c23-16-9-3-1-7-14(16)13-30-22-26-21-19(27-28-22)15-8-2-4-10-17(15)25-20(29-21)18-11-5-6-12-24-18/h1-12,20,25H,13H2/t20-/m0/s1. The van der Waals surface area contributed by atoms with Crippen molar-refractivity contribution < 1.29 is 4.74 Å². The van der Waals surface area contributed by atoms with E-state index in [-0.39, 0.29) is 0 Å². The molecule has 0 radical (unpaired) electrons. The second kappa shape index (κ2) is 8.30. The molecule has 4 aromatic rings. The number of nitrogens with zero attached hydrogens (tertiary/aromatic N) is 4. The second-order valence-electron chi connectivity index (χ2n) is 6.57. The average molecular weight is 434 g/mol. The highest BCUT2D eigenvalue weighted by Crippen LogP contribution is 2.39. The largest absolute Gasteiger partial charge is 0.446 e. The van der Waals surface area contributed by atoms with Gasteiger partial charge in [0.25, 0.3) is 0 Å². The minimum absolute atomic E-state index is 0.416. The lowest BCUT2D eigenvalue weighted by molar-refractivity contribution is 0.220. The van der Waals surface area contributed by atoms with Crippen LogP contribution in [-0.2, 0) is 5.75 Å². The number of benzene rings is 2. The third kappa shape index (κ3) is 3.81. The van der Waals surface area contributed by atoms with Crippen LogP contribution >= 0.6 is 23.4 Å². The zero-order chi connectivity index (χ0) is 20.3. The summed E-state index contributed by atoms with van der Waals surface area (Å²) in [6.45, 7) is 0. The predicted molar refractivity (Wildman–Crippen MR) is 118 cm³/mol. The molecule has 0 fully saturated rings. The van der Waals surface area contributed by atoms with E-state index in [4.69, 9.17) is 16.3 Å². The summed E-state index contributed by atoms with van der Waals surface area (Å²) in [5, 5.41) is 13.4. The van der Waals surface area contributed by atoms with Gasteiger partial charge in [0.1, 0.15) is 5.69 Å². The van der Waals surface area contributed by atoms with E-state index < -0.39 is 6.23 Å². The van der Waals surface area contributed by atoms with Gasteiger partial charge in [-0.15, -0.1) is 10.2 Å². The molecule has 30 heavy (non-hydrogen) atoms. The third-order valence-corrected chi connectivity index (χ3v) is 5.86. The number of anilines is 1. The van der Waals surface area contributed by atoms with Crippen LogP contribution in [0.25, 0.3) is 11.3 Å². The Morgan fingerprint density at radius 2 is 1.80 bits per heavy atom. The quantitative estimate of drug-likeness (QED) is 0.433. The molecule has 2 aromatic heterocycles. The molecule has 6 nitrogen and oxygen atoms in total. The van der Waals surface area contributed by atoms with Crippen molar-refractivity contribution in [3.05, 3.63) is 89.2 Å². The molecule has 0 unspecified atom stereocenters. The lowest BCUT2D eigenvalue weighted by Crippen LogP contribution is -2.18. The van der Waals surface area contributed by atoms with Crippen molar-refractivity contribution in [3.63, 3.8) is 0 Å². The van der Waals surface area contributed by atoms with Gasteiger partial charge in [-0.3, -0.25) is 4.98 Å². The van der Waals surface area contributed by atoms with Crippen molar-refractivity contribution in [1.82, 2.24) is 20.2 Å². The molecule has 0 spiro atoms. The molecule has 0 bridgehead atoms. The van der Waals surface area contributed by atoms with Crippen molar-refractivity contribution in [3.8, 4) is 17.1 Å². The Morgan fingerprint density at radius 1 is 0.967 bits per heavy atom.